The Morgan fingerprint density at radius 3 is 2.83 bits per heavy atom. The van der Waals surface area contributed by atoms with E-state index in [2.05, 4.69) is 15.4 Å². The number of benzene rings is 1. The number of hydrogen-bond donors (Lipinski definition) is 1. The van der Waals surface area contributed by atoms with E-state index in [-0.39, 0.29) is 11.5 Å². The second-order valence-electron chi connectivity index (χ2n) is 6.44. The summed E-state index contributed by atoms with van der Waals surface area (Å²) in [5.41, 5.74) is 0.802. The zero-order valence-corrected chi connectivity index (χ0v) is 16.3. The Morgan fingerprint density at radius 2 is 2.07 bits per heavy atom. The molecule has 4 rings (SSSR count). The lowest BCUT2D eigenvalue weighted by Crippen LogP contribution is -2.14. The molecule has 1 amide bonds. The van der Waals surface area contributed by atoms with Crippen LogP contribution in [0.5, 0.6) is 5.75 Å². The number of rotatable bonds is 7. The number of amides is 1. The van der Waals surface area contributed by atoms with Gasteiger partial charge in [-0.3, -0.25) is 14.3 Å². The molecule has 0 bridgehead atoms. The van der Waals surface area contributed by atoms with Gasteiger partial charge in [0.15, 0.2) is 35.2 Å². The van der Waals surface area contributed by atoms with Crippen LogP contribution in [0.1, 0.15) is 33.7 Å². The summed E-state index contributed by atoms with van der Waals surface area (Å²) in [5, 5.41) is 7.00. The van der Waals surface area contributed by atoms with Gasteiger partial charge in [-0.25, -0.2) is 4.98 Å². The van der Waals surface area contributed by atoms with Crippen LogP contribution in [0.3, 0.4) is 0 Å². The largest absolute Gasteiger partial charge is 0.497 e. The van der Waals surface area contributed by atoms with Gasteiger partial charge >= 0.3 is 0 Å². The van der Waals surface area contributed by atoms with E-state index >= 15 is 0 Å². The molecule has 152 valence electrons. The van der Waals surface area contributed by atoms with E-state index in [9.17, 15) is 9.59 Å². The Kier molecular flexibility index (Phi) is 5.17. The van der Waals surface area contributed by atoms with E-state index in [0.29, 0.717) is 41.0 Å². The van der Waals surface area contributed by atoms with Crippen molar-refractivity contribution >= 4 is 17.5 Å². The summed E-state index contributed by atoms with van der Waals surface area (Å²) in [4.78, 5) is 28.1. The maximum absolute atomic E-state index is 12.7. The minimum atomic E-state index is -0.455. The fourth-order valence-corrected chi connectivity index (χ4v) is 2.88. The fraction of sp³-hybridized carbons (Fsp3) is 0.143. The lowest BCUT2D eigenvalue weighted by atomic mass is 10.1. The van der Waals surface area contributed by atoms with Gasteiger partial charge in [0, 0.05) is 24.8 Å². The SMILES string of the molecule is COc1cccc(-c2ocnc2C(=O)Nc2ccn(Cc3ccc(C(C)=O)o3)n2)c1. The molecule has 3 aromatic heterocycles. The molecule has 0 saturated carbocycles. The first-order chi connectivity index (χ1) is 14.5. The first kappa shape index (κ1) is 19.2. The van der Waals surface area contributed by atoms with Crippen LogP contribution in [0.15, 0.2) is 63.9 Å². The van der Waals surface area contributed by atoms with Gasteiger partial charge in [-0.05, 0) is 24.3 Å². The Balaban J connectivity index is 1.47. The molecule has 30 heavy (non-hydrogen) atoms. The summed E-state index contributed by atoms with van der Waals surface area (Å²) in [6, 6.07) is 12.1. The van der Waals surface area contributed by atoms with Crippen molar-refractivity contribution in [1.29, 1.82) is 0 Å². The maximum Gasteiger partial charge on any atom is 0.279 e. The second-order valence-corrected chi connectivity index (χ2v) is 6.44. The monoisotopic (exact) mass is 406 g/mol. The molecule has 0 aliphatic heterocycles. The predicted molar refractivity (Wildman–Crippen MR) is 106 cm³/mol. The topological polar surface area (TPSA) is 112 Å². The number of oxazole rings is 1. The highest BCUT2D eigenvalue weighted by Gasteiger charge is 2.19. The van der Waals surface area contributed by atoms with Crippen LogP contribution in [-0.4, -0.2) is 33.6 Å². The molecule has 4 aromatic rings. The van der Waals surface area contributed by atoms with Crippen LogP contribution in [-0.2, 0) is 6.54 Å². The molecule has 3 heterocycles. The van der Waals surface area contributed by atoms with Gasteiger partial charge in [0.05, 0.1) is 13.7 Å². The highest BCUT2D eigenvalue weighted by molar-refractivity contribution is 6.05. The quantitative estimate of drug-likeness (QED) is 0.466. The number of nitrogens with one attached hydrogen (secondary N) is 1. The van der Waals surface area contributed by atoms with Crippen molar-refractivity contribution in [2.24, 2.45) is 0 Å². The van der Waals surface area contributed by atoms with Crippen LogP contribution in [0, 0.1) is 0 Å². The van der Waals surface area contributed by atoms with E-state index in [4.69, 9.17) is 13.6 Å². The normalized spacial score (nSPS) is 10.7. The molecule has 9 nitrogen and oxygen atoms in total. The van der Waals surface area contributed by atoms with Crippen molar-refractivity contribution in [3.63, 3.8) is 0 Å². The molecule has 9 heteroatoms. The molecule has 0 radical (unpaired) electrons. The third-order valence-electron chi connectivity index (χ3n) is 4.32. The minimum Gasteiger partial charge on any atom is -0.497 e. The van der Waals surface area contributed by atoms with E-state index in [1.807, 2.05) is 0 Å². The number of Topliss-reactive ketones (excluding diaryl/α,β-unsaturated/α-hetero) is 1. The van der Waals surface area contributed by atoms with Gasteiger partial charge in [-0.2, -0.15) is 5.10 Å². The lowest BCUT2D eigenvalue weighted by molar-refractivity contribution is 0.0983. The highest BCUT2D eigenvalue weighted by atomic mass is 16.5. The molecule has 0 aliphatic rings. The molecule has 1 aromatic carbocycles. The second kappa shape index (κ2) is 8.08. The van der Waals surface area contributed by atoms with Crippen LogP contribution >= 0.6 is 0 Å². The number of nitrogens with zero attached hydrogens (tertiary/aromatic N) is 3. The van der Waals surface area contributed by atoms with E-state index in [1.54, 1.807) is 60.5 Å². The standard InChI is InChI=1S/C21H18N4O5/c1-13(26)17-7-6-16(30-17)11-25-9-8-18(24-25)23-21(27)19-20(29-12-22-19)14-4-3-5-15(10-14)28-2/h3-10,12H,11H2,1-2H3,(H,23,24,27). The van der Waals surface area contributed by atoms with Gasteiger partial charge in [-0.15, -0.1) is 0 Å². The summed E-state index contributed by atoms with van der Waals surface area (Å²) in [6.07, 6.45) is 2.91. The molecular weight excluding hydrogens is 388 g/mol. The van der Waals surface area contributed by atoms with Crippen LogP contribution in [0.2, 0.25) is 0 Å². The van der Waals surface area contributed by atoms with Crippen molar-refractivity contribution in [2.75, 3.05) is 12.4 Å². The number of ketones is 1. The number of ether oxygens (including phenoxy) is 1. The van der Waals surface area contributed by atoms with Gasteiger partial charge in [0.1, 0.15) is 11.5 Å². The Hall–Kier alpha value is -4.14. The average Bonchev–Trinajstić information content (AvgIpc) is 3.49. The van der Waals surface area contributed by atoms with E-state index in [1.165, 1.54) is 13.3 Å². The van der Waals surface area contributed by atoms with E-state index < -0.39 is 5.91 Å². The number of hydrogen-bond acceptors (Lipinski definition) is 7. The number of carbonyl (C=O) groups is 2. The Bertz CT molecular complexity index is 1200. The third-order valence-corrected chi connectivity index (χ3v) is 4.32. The maximum atomic E-state index is 12.7. The molecule has 0 atom stereocenters. The molecule has 0 unspecified atom stereocenters. The summed E-state index contributed by atoms with van der Waals surface area (Å²) < 4.78 is 17.7. The first-order valence-electron chi connectivity index (χ1n) is 9.06. The summed E-state index contributed by atoms with van der Waals surface area (Å²) in [7, 11) is 1.56. The van der Waals surface area contributed by atoms with Gasteiger partial charge in [0.25, 0.3) is 5.91 Å². The third kappa shape index (κ3) is 4.00. The number of carbonyl (C=O) groups excluding carboxylic acids is 2. The minimum absolute atomic E-state index is 0.134. The molecular formula is C21H18N4O5. The Labute approximate surface area is 171 Å². The van der Waals surface area contributed by atoms with Crippen molar-refractivity contribution in [2.45, 2.75) is 13.5 Å². The highest BCUT2D eigenvalue weighted by Crippen LogP contribution is 2.27. The van der Waals surface area contributed by atoms with Gasteiger partial charge in [0.2, 0.25) is 0 Å². The first-order valence-corrected chi connectivity index (χ1v) is 9.06. The molecule has 1 N–H and O–H groups in total. The van der Waals surface area contributed by atoms with Gasteiger partial charge < -0.3 is 18.9 Å². The molecule has 0 saturated heterocycles. The molecule has 0 fully saturated rings. The van der Waals surface area contributed by atoms with Crippen LogP contribution in [0.25, 0.3) is 11.3 Å². The number of furan rings is 1. The zero-order valence-electron chi connectivity index (χ0n) is 16.3. The van der Waals surface area contributed by atoms with Crippen LogP contribution in [0.4, 0.5) is 5.82 Å². The Morgan fingerprint density at radius 1 is 1.20 bits per heavy atom. The summed E-state index contributed by atoms with van der Waals surface area (Å²) in [6.45, 7) is 1.76. The van der Waals surface area contributed by atoms with Crippen LogP contribution < -0.4 is 10.1 Å². The van der Waals surface area contributed by atoms with Crippen molar-refractivity contribution in [1.82, 2.24) is 14.8 Å². The van der Waals surface area contributed by atoms with Crippen molar-refractivity contribution in [3.8, 4) is 17.1 Å². The summed E-state index contributed by atoms with van der Waals surface area (Å²) in [5.74, 6) is 1.59. The summed E-state index contributed by atoms with van der Waals surface area (Å²) >= 11 is 0. The number of anilines is 1. The van der Waals surface area contributed by atoms with Crippen molar-refractivity contribution in [3.05, 3.63) is 72.3 Å². The van der Waals surface area contributed by atoms with Crippen molar-refractivity contribution < 1.29 is 23.2 Å². The number of aromatic nitrogens is 3. The fourth-order valence-electron chi connectivity index (χ4n) is 2.88. The zero-order chi connectivity index (χ0) is 21.1. The lowest BCUT2D eigenvalue weighted by Gasteiger charge is -2.04. The van der Waals surface area contributed by atoms with E-state index in [0.717, 1.165) is 0 Å². The average molecular weight is 406 g/mol. The molecule has 0 aliphatic carbocycles. The smallest absolute Gasteiger partial charge is 0.279 e. The molecule has 0 spiro atoms. The number of methoxy groups -OCH3 is 1. The predicted octanol–water partition coefficient (Wildman–Crippen LogP) is 3.64. The van der Waals surface area contributed by atoms with Gasteiger partial charge in [-0.1, -0.05) is 12.1 Å².